The van der Waals surface area contributed by atoms with Gasteiger partial charge in [0.05, 0.1) is 25.1 Å². The summed E-state index contributed by atoms with van der Waals surface area (Å²) in [4.78, 5) is 11.2. The van der Waals surface area contributed by atoms with Crippen molar-refractivity contribution in [3.63, 3.8) is 0 Å². The minimum atomic E-state index is -1.000. The maximum absolute atomic E-state index is 11.2. The van der Waals surface area contributed by atoms with Crippen LogP contribution >= 0.6 is 0 Å². The van der Waals surface area contributed by atoms with Crippen molar-refractivity contribution in [2.75, 3.05) is 13.2 Å². The molecule has 1 aliphatic heterocycles. The van der Waals surface area contributed by atoms with E-state index in [0.29, 0.717) is 30.4 Å². The second-order valence-electron chi connectivity index (χ2n) is 4.55. The van der Waals surface area contributed by atoms with Gasteiger partial charge in [0.2, 0.25) is 0 Å². The van der Waals surface area contributed by atoms with Crippen LogP contribution in [-0.4, -0.2) is 34.1 Å². The summed E-state index contributed by atoms with van der Waals surface area (Å²) in [5.41, 5.74) is 1.46. The van der Waals surface area contributed by atoms with Crippen molar-refractivity contribution < 1.29 is 19.4 Å². The first kappa shape index (κ1) is 12.5. The Morgan fingerprint density at radius 2 is 2.05 bits per heavy atom. The number of fused-ring (bicyclic) bond motifs is 1. The quantitative estimate of drug-likeness (QED) is 0.906. The maximum atomic E-state index is 11.2. The van der Waals surface area contributed by atoms with Gasteiger partial charge in [0.25, 0.3) is 0 Å². The van der Waals surface area contributed by atoms with Gasteiger partial charge in [0.15, 0.2) is 11.5 Å². The van der Waals surface area contributed by atoms with Crippen LogP contribution in [0.25, 0.3) is 11.3 Å². The van der Waals surface area contributed by atoms with Crippen LogP contribution in [0.15, 0.2) is 24.4 Å². The van der Waals surface area contributed by atoms with E-state index in [1.165, 1.54) is 6.20 Å². The molecule has 0 atom stereocenters. The largest absolute Gasteiger partial charge is 0.490 e. The van der Waals surface area contributed by atoms with Crippen LogP contribution in [-0.2, 0) is 7.05 Å². The van der Waals surface area contributed by atoms with Gasteiger partial charge in [-0.05, 0) is 18.2 Å². The van der Waals surface area contributed by atoms with Crippen LogP contribution in [0.4, 0.5) is 0 Å². The zero-order valence-corrected chi connectivity index (χ0v) is 11.0. The van der Waals surface area contributed by atoms with E-state index in [0.717, 1.165) is 12.0 Å². The topological polar surface area (TPSA) is 73.6 Å². The molecule has 1 aromatic carbocycles. The highest BCUT2D eigenvalue weighted by atomic mass is 16.5. The Labute approximate surface area is 115 Å². The molecule has 6 nitrogen and oxygen atoms in total. The van der Waals surface area contributed by atoms with Gasteiger partial charge in [-0.15, -0.1) is 0 Å². The summed E-state index contributed by atoms with van der Waals surface area (Å²) in [7, 11) is 1.71. The predicted octanol–water partition coefficient (Wildman–Crippen LogP) is 1.95. The standard InChI is InChI=1S/C14H14N2O4/c1-16-13(10(8-15-16)14(17)18)9-3-4-11-12(7-9)20-6-2-5-19-11/h3-4,7-8H,2,5-6H2,1H3,(H,17,18). The third-order valence-corrected chi connectivity index (χ3v) is 3.19. The van der Waals surface area contributed by atoms with Crippen molar-refractivity contribution in [2.24, 2.45) is 7.05 Å². The fourth-order valence-corrected chi connectivity index (χ4v) is 2.25. The van der Waals surface area contributed by atoms with Gasteiger partial charge in [-0.25, -0.2) is 4.79 Å². The van der Waals surface area contributed by atoms with Gasteiger partial charge in [0, 0.05) is 19.0 Å². The molecule has 0 spiro atoms. The van der Waals surface area contributed by atoms with E-state index in [2.05, 4.69) is 5.10 Å². The lowest BCUT2D eigenvalue weighted by molar-refractivity contribution is 0.0697. The van der Waals surface area contributed by atoms with Gasteiger partial charge in [-0.1, -0.05) is 0 Å². The number of aromatic carboxylic acids is 1. The Balaban J connectivity index is 2.09. The Hall–Kier alpha value is -2.50. The van der Waals surface area contributed by atoms with Gasteiger partial charge >= 0.3 is 5.97 Å². The molecule has 0 amide bonds. The van der Waals surface area contributed by atoms with Crippen molar-refractivity contribution in [2.45, 2.75) is 6.42 Å². The number of hydrogen-bond acceptors (Lipinski definition) is 4. The van der Waals surface area contributed by atoms with E-state index in [1.54, 1.807) is 23.9 Å². The average Bonchev–Trinajstić information content (AvgIpc) is 2.68. The number of carboxylic acids is 1. The summed E-state index contributed by atoms with van der Waals surface area (Å²) in [6.07, 6.45) is 2.18. The lowest BCUT2D eigenvalue weighted by Gasteiger charge is -2.10. The molecular weight excluding hydrogens is 260 g/mol. The summed E-state index contributed by atoms with van der Waals surface area (Å²) < 4.78 is 12.7. The first-order valence-electron chi connectivity index (χ1n) is 6.32. The second kappa shape index (κ2) is 4.88. The van der Waals surface area contributed by atoms with Crippen molar-refractivity contribution in [1.82, 2.24) is 9.78 Å². The average molecular weight is 274 g/mol. The van der Waals surface area contributed by atoms with Crippen LogP contribution in [0.1, 0.15) is 16.8 Å². The number of ether oxygens (including phenoxy) is 2. The molecule has 0 radical (unpaired) electrons. The molecule has 2 aromatic rings. The molecule has 0 bridgehead atoms. The lowest BCUT2D eigenvalue weighted by atomic mass is 10.1. The number of benzene rings is 1. The molecule has 2 heterocycles. The highest BCUT2D eigenvalue weighted by Crippen LogP contribution is 2.35. The van der Waals surface area contributed by atoms with Crippen molar-refractivity contribution in [3.8, 4) is 22.8 Å². The fourth-order valence-electron chi connectivity index (χ4n) is 2.25. The first-order valence-corrected chi connectivity index (χ1v) is 6.32. The van der Waals surface area contributed by atoms with E-state index in [4.69, 9.17) is 9.47 Å². The minimum absolute atomic E-state index is 0.169. The van der Waals surface area contributed by atoms with Crippen LogP contribution in [0, 0.1) is 0 Å². The zero-order chi connectivity index (χ0) is 14.1. The Morgan fingerprint density at radius 1 is 1.30 bits per heavy atom. The van der Waals surface area contributed by atoms with E-state index >= 15 is 0 Å². The van der Waals surface area contributed by atoms with Gasteiger partial charge in [-0.2, -0.15) is 5.10 Å². The van der Waals surface area contributed by atoms with Crippen molar-refractivity contribution in [1.29, 1.82) is 0 Å². The fraction of sp³-hybridized carbons (Fsp3) is 0.286. The lowest BCUT2D eigenvalue weighted by Crippen LogP contribution is -2.01. The Kier molecular flexibility index (Phi) is 3.06. The van der Waals surface area contributed by atoms with Crippen LogP contribution in [0.2, 0.25) is 0 Å². The number of carbonyl (C=O) groups is 1. The van der Waals surface area contributed by atoms with E-state index in [-0.39, 0.29) is 5.56 Å². The molecule has 104 valence electrons. The molecule has 0 saturated carbocycles. The Bertz CT molecular complexity index is 663. The van der Waals surface area contributed by atoms with Crippen molar-refractivity contribution in [3.05, 3.63) is 30.0 Å². The first-order chi connectivity index (χ1) is 9.66. The smallest absolute Gasteiger partial charge is 0.339 e. The van der Waals surface area contributed by atoms with Crippen LogP contribution < -0.4 is 9.47 Å². The molecule has 20 heavy (non-hydrogen) atoms. The highest BCUT2D eigenvalue weighted by Gasteiger charge is 2.19. The summed E-state index contributed by atoms with van der Waals surface area (Å²) in [6, 6.07) is 5.41. The summed E-state index contributed by atoms with van der Waals surface area (Å²) >= 11 is 0. The molecule has 1 aromatic heterocycles. The van der Waals surface area contributed by atoms with Gasteiger partial charge in [-0.3, -0.25) is 4.68 Å². The number of rotatable bonds is 2. The van der Waals surface area contributed by atoms with E-state index < -0.39 is 5.97 Å². The van der Waals surface area contributed by atoms with Crippen LogP contribution in [0.5, 0.6) is 11.5 Å². The summed E-state index contributed by atoms with van der Waals surface area (Å²) in [5.74, 6) is 0.322. The maximum Gasteiger partial charge on any atom is 0.339 e. The number of aromatic nitrogens is 2. The number of hydrogen-bond donors (Lipinski definition) is 1. The molecule has 0 unspecified atom stereocenters. The molecule has 6 heteroatoms. The molecule has 0 fully saturated rings. The molecular formula is C14H14N2O4. The number of aryl methyl sites for hydroxylation is 1. The van der Waals surface area contributed by atoms with E-state index in [1.807, 2.05) is 6.07 Å². The molecule has 0 aliphatic carbocycles. The molecule has 0 saturated heterocycles. The number of carboxylic acid groups (broad SMARTS) is 1. The molecule has 3 rings (SSSR count). The third-order valence-electron chi connectivity index (χ3n) is 3.19. The van der Waals surface area contributed by atoms with Gasteiger partial charge in [0.1, 0.15) is 5.56 Å². The predicted molar refractivity (Wildman–Crippen MR) is 71.2 cm³/mol. The monoisotopic (exact) mass is 274 g/mol. The highest BCUT2D eigenvalue weighted by molar-refractivity contribution is 5.94. The molecule has 1 aliphatic rings. The second-order valence-corrected chi connectivity index (χ2v) is 4.55. The minimum Gasteiger partial charge on any atom is -0.490 e. The van der Waals surface area contributed by atoms with Crippen molar-refractivity contribution >= 4 is 5.97 Å². The molecule has 1 N–H and O–H groups in total. The SMILES string of the molecule is Cn1ncc(C(=O)O)c1-c1ccc2c(c1)OCCCO2. The van der Waals surface area contributed by atoms with Gasteiger partial charge < -0.3 is 14.6 Å². The zero-order valence-electron chi connectivity index (χ0n) is 11.0. The van der Waals surface area contributed by atoms with E-state index in [9.17, 15) is 9.90 Å². The summed E-state index contributed by atoms with van der Waals surface area (Å²) in [5, 5.41) is 13.2. The number of nitrogens with zero attached hydrogens (tertiary/aromatic N) is 2. The van der Waals surface area contributed by atoms with Crippen LogP contribution in [0.3, 0.4) is 0 Å². The normalized spacial score (nSPS) is 13.8. The Morgan fingerprint density at radius 3 is 2.80 bits per heavy atom. The summed E-state index contributed by atoms with van der Waals surface area (Å²) in [6.45, 7) is 1.21. The third kappa shape index (κ3) is 2.09.